The number of hydrogen-bond acceptors (Lipinski definition) is 5. The van der Waals surface area contributed by atoms with Gasteiger partial charge < -0.3 is 18.5 Å². The van der Waals surface area contributed by atoms with Crippen molar-refractivity contribution < 1.29 is 26.9 Å². The third-order valence-corrected chi connectivity index (χ3v) is 8.26. The number of fused-ring (bicyclic) bond motifs is 1. The minimum absolute atomic E-state index is 0.0887. The van der Waals surface area contributed by atoms with Crippen LogP contribution in [0.1, 0.15) is 53.1 Å². The summed E-state index contributed by atoms with van der Waals surface area (Å²) in [5.74, 6) is 2.12. The first kappa shape index (κ1) is 30.7. The van der Waals surface area contributed by atoms with Crippen LogP contribution in [0.4, 0.5) is 0 Å². The number of nitrogens with zero attached hydrogens (tertiary/aromatic N) is 1. The minimum atomic E-state index is -4.27. The SMILES string of the molecule is Cc1c(C)c2c(c(C)c1OCc1ccccc1)CCC(C)(CC[N+](C)(C)C)O2.Cc1ccc(S(=O)(=O)[O-])cc1. The van der Waals surface area contributed by atoms with E-state index >= 15 is 0 Å². The smallest absolute Gasteiger partial charge is 0.127 e. The summed E-state index contributed by atoms with van der Waals surface area (Å²) in [5, 5.41) is 0. The Morgan fingerprint density at radius 1 is 0.923 bits per heavy atom. The molecule has 0 saturated heterocycles. The molecule has 1 heterocycles. The van der Waals surface area contributed by atoms with Crippen molar-refractivity contribution in [3.8, 4) is 11.5 Å². The van der Waals surface area contributed by atoms with Crippen LogP contribution in [0.5, 0.6) is 11.5 Å². The molecule has 7 heteroatoms. The zero-order chi connectivity index (χ0) is 29.0. The maximum Gasteiger partial charge on any atom is 0.127 e. The number of quaternary nitrogens is 1. The number of rotatable bonds is 7. The molecule has 0 fully saturated rings. The monoisotopic (exact) mass is 553 g/mol. The van der Waals surface area contributed by atoms with Gasteiger partial charge in [0.1, 0.15) is 33.8 Å². The van der Waals surface area contributed by atoms with E-state index in [2.05, 4.69) is 73.1 Å². The molecule has 0 aromatic heterocycles. The summed E-state index contributed by atoms with van der Waals surface area (Å²) >= 11 is 0. The molecule has 0 radical (unpaired) electrons. The Kier molecular flexibility index (Phi) is 9.52. The Morgan fingerprint density at radius 3 is 2.10 bits per heavy atom. The first-order valence-electron chi connectivity index (χ1n) is 13.4. The second-order valence-electron chi connectivity index (χ2n) is 11.9. The third-order valence-electron chi connectivity index (χ3n) is 7.41. The fraction of sp³-hybridized carbons (Fsp3) is 0.438. The lowest BCUT2D eigenvalue weighted by atomic mass is 9.85. The van der Waals surface area contributed by atoms with Crippen molar-refractivity contribution >= 4 is 10.1 Å². The minimum Gasteiger partial charge on any atom is -0.744 e. The maximum absolute atomic E-state index is 10.4. The molecule has 3 aromatic carbocycles. The van der Waals surface area contributed by atoms with Crippen molar-refractivity contribution in [2.45, 2.75) is 71.0 Å². The van der Waals surface area contributed by atoms with Gasteiger partial charge in [0.2, 0.25) is 0 Å². The van der Waals surface area contributed by atoms with Crippen LogP contribution in [0.15, 0.2) is 59.5 Å². The van der Waals surface area contributed by atoms with Crippen molar-refractivity contribution in [3.05, 3.63) is 88.0 Å². The molecule has 0 aliphatic carbocycles. The highest BCUT2D eigenvalue weighted by atomic mass is 32.2. The number of benzene rings is 3. The lowest BCUT2D eigenvalue weighted by Crippen LogP contribution is -2.44. The first-order chi connectivity index (χ1) is 18.1. The Balaban J connectivity index is 0.000000320. The highest BCUT2D eigenvalue weighted by Gasteiger charge is 2.36. The van der Waals surface area contributed by atoms with Crippen LogP contribution in [-0.2, 0) is 23.1 Å². The second-order valence-corrected chi connectivity index (χ2v) is 13.2. The largest absolute Gasteiger partial charge is 0.744 e. The van der Waals surface area contributed by atoms with Gasteiger partial charge in [0, 0.05) is 12.0 Å². The van der Waals surface area contributed by atoms with E-state index in [1.807, 2.05) is 13.0 Å². The van der Waals surface area contributed by atoms with Crippen LogP contribution < -0.4 is 9.47 Å². The average Bonchev–Trinajstić information content (AvgIpc) is 2.86. The summed E-state index contributed by atoms with van der Waals surface area (Å²) in [5.41, 5.74) is 7.02. The molecular formula is C32H43NO5S. The average molecular weight is 554 g/mol. The molecule has 39 heavy (non-hydrogen) atoms. The van der Waals surface area contributed by atoms with Crippen molar-refractivity contribution in [3.63, 3.8) is 0 Å². The van der Waals surface area contributed by atoms with Gasteiger partial charge in [-0.25, -0.2) is 8.42 Å². The lowest BCUT2D eigenvalue weighted by Gasteiger charge is -2.39. The standard InChI is InChI=1S/C25H36NO2.C7H8O3S/c1-18-19(2)24-22(13-14-25(4,28-24)15-16-26(5,6)7)20(3)23(18)27-17-21-11-9-8-10-12-21;1-6-2-4-7(5-3-6)11(8,9)10/h8-12H,13-17H2,1-7H3;2-5H,1H3,(H,8,9,10)/q+1;/p-1. The molecule has 0 spiro atoms. The van der Waals surface area contributed by atoms with Gasteiger partial charge in [-0.1, -0.05) is 48.0 Å². The molecule has 3 aromatic rings. The van der Waals surface area contributed by atoms with E-state index in [0.717, 1.165) is 47.4 Å². The predicted octanol–water partition coefficient (Wildman–Crippen LogP) is 6.27. The van der Waals surface area contributed by atoms with Gasteiger partial charge in [0.25, 0.3) is 0 Å². The molecule has 0 N–H and O–H groups in total. The van der Waals surface area contributed by atoms with Gasteiger partial charge in [-0.15, -0.1) is 0 Å². The molecule has 1 unspecified atom stereocenters. The van der Waals surface area contributed by atoms with Crippen LogP contribution in [-0.4, -0.2) is 50.7 Å². The molecule has 1 aliphatic heterocycles. The number of ether oxygens (including phenoxy) is 2. The molecule has 1 aliphatic rings. The normalized spacial score (nSPS) is 16.9. The summed E-state index contributed by atoms with van der Waals surface area (Å²) in [6.07, 6.45) is 3.18. The molecule has 0 amide bonds. The zero-order valence-electron chi connectivity index (χ0n) is 24.6. The van der Waals surface area contributed by atoms with E-state index in [4.69, 9.17) is 9.47 Å². The van der Waals surface area contributed by atoms with Crippen molar-refractivity contribution in [1.82, 2.24) is 0 Å². The van der Waals surface area contributed by atoms with Gasteiger partial charge in [-0.3, -0.25) is 0 Å². The summed E-state index contributed by atoms with van der Waals surface area (Å²) in [4.78, 5) is -0.178. The first-order valence-corrected chi connectivity index (χ1v) is 14.8. The molecule has 0 saturated carbocycles. The zero-order valence-corrected chi connectivity index (χ0v) is 25.4. The Bertz CT molecular complexity index is 1380. The van der Waals surface area contributed by atoms with E-state index in [1.165, 1.54) is 39.9 Å². The summed E-state index contributed by atoms with van der Waals surface area (Å²) in [6, 6.07) is 16.2. The summed E-state index contributed by atoms with van der Waals surface area (Å²) in [6.45, 7) is 12.3. The third kappa shape index (κ3) is 8.31. The van der Waals surface area contributed by atoms with Gasteiger partial charge >= 0.3 is 0 Å². The van der Waals surface area contributed by atoms with Crippen LogP contribution in [0.25, 0.3) is 0 Å². The van der Waals surface area contributed by atoms with E-state index in [1.54, 1.807) is 12.1 Å². The van der Waals surface area contributed by atoms with Crippen molar-refractivity contribution in [1.29, 1.82) is 0 Å². The van der Waals surface area contributed by atoms with Crippen LogP contribution in [0.3, 0.4) is 0 Å². The Hall–Kier alpha value is -2.87. The quantitative estimate of drug-likeness (QED) is 0.255. The molecular weight excluding hydrogens is 510 g/mol. The highest BCUT2D eigenvalue weighted by Crippen LogP contribution is 2.44. The van der Waals surface area contributed by atoms with Gasteiger partial charge in [-0.05, 0) is 81.8 Å². The topological polar surface area (TPSA) is 75.7 Å². The van der Waals surface area contributed by atoms with Crippen molar-refractivity contribution in [2.75, 3.05) is 27.7 Å². The van der Waals surface area contributed by atoms with E-state index in [-0.39, 0.29) is 10.5 Å². The lowest BCUT2D eigenvalue weighted by molar-refractivity contribution is -0.871. The fourth-order valence-corrected chi connectivity index (χ4v) is 5.15. The van der Waals surface area contributed by atoms with Crippen LogP contribution >= 0.6 is 0 Å². The predicted molar refractivity (Wildman–Crippen MR) is 155 cm³/mol. The maximum atomic E-state index is 10.4. The Labute approximate surface area is 234 Å². The number of hydrogen-bond donors (Lipinski definition) is 0. The fourth-order valence-electron chi connectivity index (χ4n) is 4.68. The molecule has 212 valence electrons. The van der Waals surface area contributed by atoms with Crippen LogP contribution in [0, 0.1) is 27.7 Å². The number of aryl methyl sites for hydroxylation is 1. The molecule has 4 rings (SSSR count). The van der Waals surface area contributed by atoms with E-state index in [0.29, 0.717) is 6.61 Å². The van der Waals surface area contributed by atoms with Crippen LogP contribution in [0.2, 0.25) is 0 Å². The summed E-state index contributed by atoms with van der Waals surface area (Å²) in [7, 11) is 2.47. The van der Waals surface area contributed by atoms with Gasteiger partial charge in [0.15, 0.2) is 0 Å². The second kappa shape index (κ2) is 12.1. The molecule has 6 nitrogen and oxygen atoms in total. The van der Waals surface area contributed by atoms with E-state index < -0.39 is 10.1 Å². The summed E-state index contributed by atoms with van der Waals surface area (Å²) < 4.78 is 45.1. The highest BCUT2D eigenvalue weighted by molar-refractivity contribution is 7.85. The van der Waals surface area contributed by atoms with E-state index in [9.17, 15) is 13.0 Å². The van der Waals surface area contributed by atoms with Crippen molar-refractivity contribution in [2.24, 2.45) is 0 Å². The van der Waals surface area contributed by atoms with Gasteiger partial charge in [-0.2, -0.15) is 0 Å². The Morgan fingerprint density at radius 2 is 1.54 bits per heavy atom. The molecule has 1 atom stereocenters. The van der Waals surface area contributed by atoms with Gasteiger partial charge in [0.05, 0.1) is 32.6 Å². The molecule has 0 bridgehead atoms.